The second-order valence-corrected chi connectivity index (χ2v) is 9.23. The van der Waals surface area contributed by atoms with Crippen molar-refractivity contribution in [2.24, 2.45) is 0 Å². The van der Waals surface area contributed by atoms with E-state index in [-0.39, 0.29) is 13.0 Å². The summed E-state index contributed by atoms with van der Waals surface area (Å²) < 4.78 is 27.2. The van der Waals surface area contributed by atoms with Gasteiger partial charge in [0.1, 0.15) is 19.3 Å². The molecule has 2 N–H and O–H groups in total. The van der Waals surface area contributed by atoms with Gasteiger partial charge in [-0.2, -0.15) is 0 Å². The first-order chi connectivity index (χ1) is 12.6. The largest absolute Gasteiger partial charge is 0.472 e. The summed E-state index contributed by atoms with van der Waals surface area (Å²) in [6.07, 6.45) is 6.93. The molecule has 9 heteroatoms. The summed E-state index contributed by atoms with van der Waals surface area (Å²) in [4.78, 5) is 21.4. The SMILES string of the molecule is CCCCCCCCCC(=O)OC(CO)COP(=O)(O)OCC[N+](C)(C)C. The van der Waals surface area contributed by atoms with Crippen LogP contribution in [-0.2, 0) is 23.1 Å². The van der Waals surface area contributed by atoms with Crippen LogP contribution in [0.2, 0.25) is 0 Å². The fourth-order valence-corrected chi connectivity index (χ4v) is 2.98. The standard InChI is InChI=1S/C18H38NO7P/c1-5-6-7-8-9-10-11-12-18(21)26-17(15-20)16-25-27(22,23)24-14-13-19(2,3)4/h17,20H,5-16H2,1-4H3/p+1. The molecule has 0 amide bonds. The number of rotatable bonds is 17. The predicted molar refractivity (Wildman–Crippen MR) is 104 cm³/mol. The van der Waals surface area contributed by atoms with Gasteiger partial charge in [-0.25, -0.2) is 4.57 Å². The van der Waals surface area contributed by atoms with Gasteiger partial charge < -0.3 is 19.2 Å². The summed E-state index contributed by atoms with van der Waals surface area (Å²) in [6, 6.07) is 0. The van der Waals surface area contributed by atoms with Crippen molar-refractivity contribution < 1.29 is 37.6 Å². The number of aliphatic hydroxyl groups is 1. The van der Waals surface area contributed by atoms with Crippen molar-refractivity contribution >= 4 is 13.8 Å². The minimum Gasteiger partial charge on any atom is -0.457 e. The number of phosphoric acid groups is 1. The molecule has 0 fully saturated rings. The number of carbonyl (C=O) groups excluding carboxylic acids is 1. The van der Waals surface area contributed by atoms with E-state index in [4.69, 9.17) is 13.8 Å². The second-order valence-electron chi connectivity index (χ2n) is 7.78. The molecule has 0 aliphatic heterocycles. The van der Waals surface area contributed by atoms with Gasteiger partial charge in [-0.15, -0.1) is 0 Å². The number of unbranched alkanes of at least 4 members (excludes halogenated alkanes) is 6. The van der Waals surface area contributed by atoms with Gasteiger partial charge in [-0.05, 0) is 6.42 Å². The van der Waals surface area contributed by atoms with Gasteiger partial charge in [0.15, 0.2) is 0 Å². The number of hydrogen-bond donors (Lipinski definition) is 2. The van der Waals surface area contributed by atoms with E-state index >= 15 is 0 Å². The lowest BCUT2D eigenvalue weighted by molar-refractivity contribution is -0.870. The van der Waals surface area contributed by atoms with E-state index in [1.54, 1.807) is 0 Å². The molecule has 27 heavy (non-hydrogen) atoms. The van der Waals surface area contributed by atoms with Crippen LogP contribution in [0.4, 0.5) is 0 Å². The third-order valence-corrected chi connectivity index (χ3v) is 4.91. The van der Waals surface area contributed by atoms with Gasteiger partial charge in [-0.1, -0.05) is 45.4 Å². The molecule has 0 saturated heterocycles. The molecular formula is C18H39NO7P+. The molecule has 0 saturated carbocycles. The molecule has 0 aromatic rings. The Morgan fingerprint density at radius 1 is 1.04 bits per heavy atom. The summed E-state index contributed by atoms with van der Waals surface area (Å²) in [5.74, 6) is -0.440. The minimum atomic E-state index is -4.24. The summed E-state index contributed by atoms with van der Waals surface area (Å²) in [5.41, 5.74) is 0. The van der Waals surface area contributed by atoms with Crippen LogP contribution in [0.15, 0.2) is 0 Å². The van der Waals surface area contributed by atoms with Crippen LogP contribution < -0.4 is 0 Å². The van der Waals surface area contributed by atoms with E-state index in [1.807, 2.05) is 21.1 Å². The molecule has 0 aromatic carbocycles. The Labute approximate surface area is 164 Å². The third kappa shape index (κ3) is 17.3. The number of likely N-dealkylation sites (N-methyl/N-ethyl adjacent to an activating group) is 1. The van der Waals surface area contributed by atoms with Crippen molar-refractivity contribution in [1.82, 2.24) is 0 Å². The molecular weight excluding hydrogens is 373 g/mol. The summed E-state index contributed by atoms with van der Waals surface area (Å²) in [7, 11) is 1.55. The van der Waals surface area contributed by atoms with Crippen LogP contribution >= 0.6 is 7.82 Å². The Kier molecular flexibility index (Phi) is 14.2. The van der Waals surface area contributed by atoms with Crippen LogP contribution in [0.1, 0.15) is 58.3 Å². The highest BCUT2D eigenvalue weighted by atomic mass is 31.2. The number of ether oxygens (including phenoxy) is 1. The van der Waals surface area contributed by atoms with Crippen molar-refractivity contribution in [3.8, 4) is 0 Å². The van der Waals surface area contributed by atoms with E-state index < -0.39 is 33.1 Å². The Balaban J connectivity index is 3.98. The van der Waals surface area contributed by atoms with Gasteiger partial charge >= 0.3 is 13.8 Å². The summed E-state index contributed by atoms with van der Waals surface area (Å²) >= 11 is 0. The van der Waals surface area contributed by atoms with Gasteiger partial charge in [0.25, 0.3) is 0 Å². The Hall–Kier alpha value is -0.500. The Bertz CT molecular complexity index is 440. The smallest absolute Gasteiger partial charge is 0.457 e. The van der Waals surface area contributed by atoms with Gasteiger partial charge in [0.05, 0.1) is 34.4 Å². The van der Waals surface area contributed by atoms with Crippen LogP contribution in [0, 0.1) is 0 Å². The molecule has 162 valence electrons. The normalized spacial score (nSPS) is 15.3. The van der Waals surface area contributed by atoms with Gasteiger partial charge in [-0.3, -0.25) is 13.8 Å². The average Bonchev–Trinajstić information content (AvgIpc) is 2.56. The fourth-order valence-electron chi connectivity index (χ4n) is 2.24. The maximum absolute atomic E-state index is 11.8. The van der Waals surface area contributed by atoms with Crippen LogP contribution in [-0.4, -0.2) is 74.1 Å². The predicted octanol–water partition coefficient (Wildman–Crippen LogP) is 2.87. The third-order valence-electron chi connectivity index (χ3n) is 3.93. The number of quaternary nitrogens is 1. The van der Waals surface area contributed by atoms with E-state index in [0.29, 0.717) is 11.0 Å². The molecule has 0 aromatic heterocycles. The highest BCUT2D eigenvalue weighted by molar-refractivity contribution is 7.47. The molecule has 0 spiro atoms. The summed E-state index contributed by atoms with van der Waals surface area (Å²) in [6.45, 7) is 1.88. The summed E-state index contributed by atoms with van der Waals surface area (Å²) in [5, 5.41) is 9.27. The minimum absolute atomic E-state index is 0.0547. The molecule has 0 radical (unpaired) electrons. The molecule has 0 heterocycles. The Morgan fingerprint density at radius 2 is 1.63 bits per heavy atom. The lowest BCUT2D eigenvalue weighted by Gasteiger charge is -2.24. The first-order valence-corrected chi connectivity index (χ1v) is 11.3. The first kappa shape index (κ1) is 26.5. The molecule has 0 bridgehead atoms. The zero-order valence-corrected chi connectivity index (χ0v) is 18.3. The number of nitrogens with zero attached hydrogens (tertiary/aromatic N) is 1. The fraction of sp³-hybridized carbons (Fsp3) is 0.944. The number of hydrogen-bond acceptors (Lipinski definition) is 6. The number of carbonyl (C=O) groups is 1. The quantitative estimate of drug-likeness (QED) is 0.164. The monoisotopic (exact) mass is 412 g/mol. The number of aliphatic hydroxyl groups excluding tert-OH is 1. The highest BCUT2D eigenvalue weighted by Gasteiger charge is 2.25. The molecule has 0 aliphatic carbocycles. The van der Waals surface area contributed by atoms with Crippen molar-refractivity contribution in [2.45, 2.75) is 64.4 Å². The Morgan fingerprint density at radius 3 is 2.19 bits per heavy atom. The van der Waals surface area contributed by atoms with Crippen LogP contribution in [0.3, 0.4) is 0 Å². The van der Waals surface area contributed by atoms with Crippen molar-refractivity contribution in [2.75, 3.05) is 47.5 Å². The lowest BCUT2D eigenvalue weighted by atomic mass is 10.1. The number of esters is 1. The van der Waals surface area contributed by atoms with E-state index in [1.165, 1.54) is 25.7 Å². The zero-order valence-electron chi connectivity index (χ0n) is 17.4. The topological polar surface area (TPSA) is 102 Å². The van der Waals surface area contributed by atoms with Crippen molar-refractivity contribution in [1.29, 1.82) is 0 Å². The lowest BCUT2D eigenvalue weighted by Crippen LogP contribution is -2.37. The zero-order chi connectivity index (χ0) is 20.8. The van der Waals surface area contributed by atoms with Gasteiger partial charge in [0.2, 0.25) is 0 Å². The number of phosphoric ester groups is 1. The van der Waals surface area contributed by atoms with E-state index in [0.717, 1.165) is 19.3 Å². The van der Waals surface area contributed by atoms with Crippen LogP contribution in [0.25, 0.3) is 0 Å². The molecule has 2 atom stereocenters. The molecule has 0 rings (SSSR count). The maximum atomic E-state index is 11.8. The van der Waals surface area contributed by atoms with E-state index in [2.05, 4.69) is 6.92 Å². The molecule has 8 nitrogen and oxygen atoms in total. The molecule has 0 aliphatic rings. The second kappa shape index (κ2) is 14.5. The maximum Gasteiger partial charge on any atom is 0.472 e. The molecule has 2 unspecified atom stereocenters. The van der Waals surface area contributed by atoms with Crippen LogP contribution in [0.5, 0.6) is 0 Å². The van der Waals surface area contributed by atoms with Crippen molar-refractivity contribution in [3.05, 3.63) is 0 Å². The first-order valence-electron chi connectivity index (χ1n) is 9.82. The highest BCUT2D eigenvalue weighted by Crippen LogP contribution is 2.43. The van der Waals surface area contributed by atoms with E-state index in [9.17, 15) is 19.4 Å². The van der Waals surface area contributed by atoms with Gasteiger partial charge in [0, 0.05) is 6.42 Å². The average molecular weight is 412 g/mol. The van der Waals surface area contributed by atoms with Crippen molar-refractivity contribution in [3.63, 3.8) is 0 Å².